The molecule has 1 aliphatic rings. The van der Waals surface area contributed by atoms with Crippen LogP contribution in [-0.2, 0) is 0 Å². The second-order valence-corrected chi connectivity index (χ2v) is 3.64. The monoisotopic (exact) mass is 152 g/mol. The third-order valence-electron chi connectivity index (χ3n) is 2.17. The lowest BCUT2D eigenvalue weighted by Gasteiger charge is -2.29. The summed E-state index contributed by atoms with van der Waals surface area (Å²) in [5.41, 5.74) is 1.30. The summed E-state index contributed by atoms with van der Waals surface area (Å²) in [6.45, 7) is 9.37. The Kier molecular flexibility index (Phi) is 1.94. The summed E-state index contributed by atoms with van der Waals surface area (Å²) >= 11 is 0. The molecular formula is C9H16N2. The summed E-state index contributed by atoms with van der Waals surface area (Å²) in [5, 5.41) is 3.22. The van der Waals surface area contributed by atoms with Crippen LogP contribution in [0.3, 0.4) is 0 Å². The Morgan fingerprint density at radius 1 is 1.64 bits per heavy atom. The van der Waals surface area contributed by atoms with E-state index in [0.29, 0.717) is 0 Å². The molecule has 0 aliphatic carbocycles. The van der Waals surface area contributed by atoms with E-state index in [1.165, 1.54) is 0 Å². The maximum Gasteiger partial charge on any atom is 0.0247 e. The van der Waals surface area contributed by atoms with Crippen LogP contribution in [0.1, 0.15) is 13.8 Å². The number of rotatable bonds is 0. The van der Waals surface area contributed by atoms with Crippen LogP contribution in [0, 0.1) is 5.41 Å². The molecule has 1 heterocycles. The predicted octanol–water partition coefficient (Wildman–Crippen LogP) is 1.53. The molecule has 1 aliphatic heterocycles. The van der Waals surface area contributed by atoms with Crippen LogP contribution in [0.5, 0.6) is 0 Å². The third-order valence-corrected chi connectivity index (χ3v) is 2.17. The largest absolute Gasteiger partial charge is 0.389 e. The van der Waals surface area contributed by atoms with Gasteiger partial charge in [0.05, 0.1) is 0 Å². The van der Waals surface area contributed by atoms with Crippen molar-refractivity contribution in [3.63, 3.8) is 0 Å². The van der Waals surface area contributed by atoms with E-state index in [4.69, 9.17) is 0 Å². The van der Waals surface area contributed by atoms with Gasteiger partial charge in [0.2, 0.25) is 0 Å². The molecule has 0 aromatic carbocycles. The molecular weight excluding hydrogens is 136 g/mol. The summed E-state index contributed by atoms with van der Waals surface area (Å²) in [6, 6.07) is 0. The second-order valence-electron chi connectivity index (χ2n) is 3.64. The summed E-state index contributed by atoms with van der Waals surface area (Å²) in [7, 11) is 2.02. The number of nitrogens with zero attached hydrogens (tertiary/aromatic N) is 1. The van der Waals surface area contributed by atoms with Gasteiger partial charge < -0.3 is 10.2 Å². The van der Waals surface area contributed by atoms with Gasteiger partial charge in [0.1, 0.15) is 0 Å². The van der Waals surface area contributed by atoms with Crippen LogP contribution in [0.4, 0.5) is 0 Å². The van der Waals surface area contributed by atoms with Crippen LogP contribution in [0.2, 0.25) is 0 Å². The van der Waals surface area contributed by atoms with E-state index >= 15 is 0 Å². The molecule has 0 amide bonds. The van der Waals surface area contributed by atoms with E-state index in [9.17, 15) is 0 Å². The van der Waals surface area contributed by atoms with Gasteiger partial charge in [0.25, 0.3) is 0 Å². The van der Waals surface area contributed by atoms with Crippen molar-refractivity contribution in [1.82, 2.24) is 10.2 Å². The third kappa shape index (κ3) is 1.56. The molecule has 0 bridgehead atoms. The summed E-state index contributed by atoms with van der Waals surface area (Å²) in [4.78, 5) is 2.06. The molecule has 62 valence electrons. The van der Waals surface area contributed by atoms with Crippen molar-refractivity contribution in [2.75, 3.05) is 13.6 Å². The highest BCUT2D eigenvalue weighted by atomic mass is 15.1. The second kappa shape index (κ2) is 2.61. The standard InChI is InChI=1S/C9H16N2/c1-8-9(2,3)7-10-5-6-11(8)4/h5-6,10H,1,7H2,2-4H3. The van der Waals surface area contributed by atoms with Gasteiger partial charge in [-0.1, -0.05) is 20.4 Å². The molecule has 2 nitrogen and oxygen atoms in total. The maximum absolute atomic E-state index is 4.04. The fourth-order valence-electron chi connectivity index (χ4n) is 1.15. The van der Waals surface area contributed by atoms with E-state index in [1.54, 1.807) is 0 Å². The zero-order valence-corrected chi connectivity index (χ0v) is 7.52. The Balaban J connectivity index is 2.82. The fraction of sp³-hybridized carbons (Fsp3) is 0.556. The smallest absolute Gasteiger partial charge is 0.0247 e. The Labute approximate surface area is 68.6 Å². The highest BCUT2D eigenvalue weighted by Crippen LogP contribution is 2.27. The van der Waals surface area contributed by atoms with Gasteiger partial charge in [-0.05, 0) is 0 Å². The molecule has 0 saturated carbocycles. The minimum Gasteiger partial charge on any atom is -0.389 e. The molecule has 11 heavy (non-hydrogen) atoms. The average molecular weight is 152 g/mol. The molecule has 0 spiro atoms. The van der Waals surface area contributed by atoms with Crippen molar-refractivity contribution < 1.29 is 0 Å². The first-order chi connectivity index (χ1) is 5.04. The molecule has 0 radical (unpaired) electrons. The van der Waals surface area contributed by atoms with Crippen molar-refractivity contribution in [1.29, 1.82) is 0 Å². The quantitative estimate of drug-likeness (QED) is 0.566. The summed E-state index contributed by atoms with van der Waals surface area (Å²) in [5.74, 6) is 0. The Bertz CT molecular complexity index is 192. The average Bonchev–Trinajstić information content (AvgIpc) is 2.03. The van der Waals surface area contributed by atoms with E-state index < -0.39 is 0 Å². The summed E-state index contributed by atoms with van der Waals surface area (Å²) in [6.07, 6.45) is 3.96. The van der Waals surface area contributed by atoms with Crippen LogP contribution in [0.25, 0.3) is 0 Å². The molecule has 0 saturated heterocycles. The first-order valence-electron chi connectivity index (χ1n) is 3.86. The van der Waals surface area contributed by atoms with Gasteiger partial charge in [-0.15, -0.1) is 0 Å². The number of nitrogens with one attached hydrogen (secondary N) is 1. The number of hydrogen-bond donors (Lipinski definition) is 1. The molecule has 2 heteroatoms. The van der Waals surface area contributed by atoms with Crippen molar-refractivity contribution in [2.24, 2.45) is 5.41 Å². The molecule has 0 atom stereocenters. The Morgan fingerprint density at radius 2 is 2.27 bits per heavy atom. The van der Waals surface area contributed by atoms with Crippen LogP contribution < -0.4 is 5.32 Å². The molecule has 1 rings (SSSR count). The summed E-state index contributed by atoms with van der Waals surface area (Å²) < 4.78 is 0. The molecule has 0 fully saturated rings. The first kappa shape index (κ1) is 8.18. The van der Waals surface area contributed by atoms with E-state index in [2.05, 4.69) is 30.6 Å². The predicted molar refractivity (Wildman–Crippen MR) is 47.8 cm³/mol. The minimum absolute atomic E-state index is 0.151. The number of hydrogen-bond acceptors (Lipinski definition) is 2. The SMILES string of the molecule is C=C1N(C)C=CNCC1(C)C. The van der Waals surface area contributed by atoms with E-state index in [0.717, 1.165) is 12.2 Å². The zero-order valence-electron chi connectivity index (χ0n) is 7.52. The lowest BCUT2D eigenvalue weighted by atomic mass is 9.89. The van der Waals surface area contributed by atoms with Gasteiger partial charge in [-0.3, -0.25) is 0 Å². The lowest BCUT2D eigenvalue weighted by Crippen LogP contribution is -2.30. The lowest BCUT2D eigenvalue weighted by molar-refractivity contribution is 0.356. The van der Waals surface area contributed by atoms with Crippen LogP contribution in [0.15, 0.2) is 24.7 Å². The molecule has 0 aromatic rings. The van der Waals surface area contributed by atoms with Gasteiger partial charge in [-0.2, -0.15) is 0 Å². The van der Waals surface area contributed by atoms with Gasteiger partial charge in [0, 0.05) is 37.1 Å². The van der Waals surface area contributed by atoms with E-state index in [1.807, 2.05) is 19.4 Å². The Hall–Kier alpha value is -0.920. The van der Waals surface area contributed by atoms with Crippen molar-refractivity contribution in [3.05, 3.63) is 24.7 Å². The fourth-order valence-corrected chi connectivity index (χ4v) is 1.15. The molecule has 0 aromatic heterocycles. The molecule has 0 unspecified atom stereocenters. The van der Waals surface area contributed by atoms with Gasteiger partial charge in [0.15, 0.2) is 0 Å². The zero-order chi connectivity index (χ0) is 8.48. The van der Waals surface area contributed by atoms with Crippen molar-refractivity contribution in [2.45, 2.75) is 13.8 Å². The highest BCUT2D eigenvalue weighted by molar-refractivity contribution is 5.12. The normalized spacial score (nSPS) is 22.8. The van der Waals surface area contributed by atoms with E-state index in [-0.39, 0.29) is 5.41 Å². The van der Waals surface area contributed by atoms with Crippen molar-refractivity contribution >= 4 is 0 Å². The first-order valence-corrected chi connectivity index (χ1v) is 3.86. The molecule has 1 N–H and O–H groups in total. The van der Waals surface area contributed by atoms with Crippen LogP contribution >= 0.6 is 0 Å². The topological polar surface area (TPSA) is 15.3 Å². The Morgan fingerprint density at radius 3 is 2.91 bits per heavy atom. The van der Waals surface area contributed by atoms with Crippen LogP contribution in [-0.4, -0.2) is 18.5 Å². The maximum atomic E-state index is 4.04. The minimum atomic E-state index is 0.151. The van der Waals surface area contributed by atoms with Gasteiger partial charge in [-0.25, -0.2) is 0 Å². The highest BCUT2D eigenvalue weighted by Gasteiger charge is 2.24. The van der Waals surface area contributed by atoms with Gasteiger partial charge >= 0.3 is 0 Å². The van der Waals surface area contributed by atoms with Crippen molar-refractivity contribution in [3.8, 4) is 0 Å².